The highest BCUT2D eigenvalue weighted by Crippen LogP contribution is 2.10. The number of hydrogen-bond acceptors (Lipinski definition) is 5. The molecule has 0 aromatic carbocycles. The second-order valence-electron chi connectivity index (χ2n) is 4.39. The lowest BCUT2D eigenvalue weighted by molar-refractivity contribution is 0.0305. The number of sulfone groups is 1. The zero-order valence-electron chi connectivity index (χ0n) is 9.85. The molecule has 1 amide bonds. The number of carbonyl (C=O) groups is 1. The Kier molecular flexibility index (Phi) is 4.75. The average Bonchev–Trinajstić information content (AvgIpc) is 1.97. The number of nitrogens with zero attached hydrogens (tertiary/aromatic N) is 2. The molecule has 0 aromatic heterocycles. The molecule has 0 N–H and O–H groups in total. The molecule has 0 radical (unpaired) electrons. The zero-order chi connectivity index (χ0) is 13.0. The molecule has 0 spiro atoms. The van der Waals surface area contributed by atoms with Gasteiger partial charge in [-0.05, 0) is 20.8 Å². The van der Waals surface area contributed by atoms with E-state index in [-0.39, 0.29) is 6.54 Å². The minimum absolute atomic E-state index is 0.317. The monoisotopic (exact) mass is 248 g/mol. The van der Waals surface area contributed by atoms with Gasteiger partial charge in [0.25, 0.3) is 0 Å². The maximum atomic E-state index is 11.5. The van der Waals surface area contributed by atoms with Crippen molar-refractivity contribution in [2.75, 3.05) is 18.7 Å². The first-order valence-electron chi connectivity index (χ1n) is 4.58. The fraction of sp³-hybridized carbons (Fsp3) is 0.778. The Morgan fingerprint density at radius 3 is 2.25 bits per heavy atom. The second kappa shape index (κ2) is 5.16. The summed E-state index contributed by atoms with van der Waals surface area (Å²) in [5, 5.41) is 8.49. The minimum Gasteiger partial charge on any atom is -0.444 e. The Morgan fingerprint density at radius 1 is 1.44 bits per heavy atom. The molecule has 0 rings (SSSR count). The van der Waals surface area contributed by atoms with Crippen molar-refractivity contribution in [3.63, 3.8) is 0 Å². The molecule has 0 aromatic rings. The number of hydrogen-bond donors (Lipinski definition) is 0. The topological polar surface area (TPSA) is 87.5 Å². The molecule has 92 valence electrons. The van der Waals surface area contributed by atoms with E-state index in [2.05, 4.69) is 0 Å². The van der Waals surface area contributed by atoms with Crippen LogP contribution in [0.15, 0.2) is 0 Å². The molecule has 0 bridgehead atoms. The first kappa shape index (κ1) is 14.7. The van der Waals surface area contributed by atoms with Crippen LogP contribution in [0.3, 0.4) is 0 Å². The molecule has 16 heavy (non-hydrogen) atoms. The number of carbonyl (C=O) groups excluding carboxylic acids is 1. The number of rotatable bonds is 3. The van der Waals surface area contributed by atoms with E-state index in [0.29, 0.717) is 0 Å². The Balaban J connectivity index is 4.68. The van der Waals surface area contributed by atoms with Crippen LogP contribution in [0.25, 0.3) is 0 Å². The fourth-order valence-corrected chi connectivity index (χ4v) is 1.62. The average molecular weight is 248 g/mol. The van der Waals surface area contributed by atoms with Crippen molar-refractivity contribution in [1.82, 2.24) is 4.90 Å². The van der Waals surface area contributed by atoms with Crippen molar-refractivity contribution >= 4 is 15.9 Å². The largest absolute Gasteiger partial charge is 0.444 e. The Hall–Kier alpha value is -1.29. The van der Waals surface area contributed by atoms with Crippen LogP contribution in [-0.2, 0) is 14.6 Å². The van der Waals surface area contributed by atoms with Gasteiger partial charge in [-0.2, -0.15) is 5.26 Å². The number of nitriles is 1. The lowest BCUT2D eigenvalue weighted by Crippen LogP contribution is -2.39. The summed E-state index contributed by atoms with van der Waals surface area (Å²) < 4.78 is 27.0. The third-order valence-corrected chi connectivity index (χ3v) is 2.08. The smallest absolute Gasteiger partial charge is 0.412 e. The lowest BCUT2D eigenvalue weighted by atomic mass is 10.2. The molecule has 6 nitrogen and oxygen atoms in total. The van der Waals surface area contributed by atoms with Crippen molar-refractivity contribution < 1.29 is 17.9 Å². The maximum absolute atomic E-state index is 11.5. The quantitative estimate of drug-likeness (QED) is 0.688. The van der Waals surface area contributed by atoms with E-state index in [0.717, 1.165) is 11.2 Å². The van der Waals surface area contributed by atoms with Crippen molar-refractivity contribution in [3.8, 4) is 6.07 Å². The van der Waals surface area contributed by atoms with Crippen molar-refractivity contribution in [3.05, 3.63) is 0 Å². The first-order chi connectivity index (χ1) is 7.05. The Morgan fingerprint density at radius 2 is 1.94 bits per heavy atom. The minimum atomic E-state index is -3.37. The highest BCUT2D eigenvalue weighted by molar-refractivity contribution is 7.90. The molecule has 0 aliphatic rings. The van der Waals surface area contributed by atoms with E-state index in [9.17, 15) is 13.2 Å². The molecule has 0 aliphatic carbocycles. The van der Waals surface area contributed by atoms with Gasteiger partial charge in [0.2, 0.25) is 0 Å². The normalized spacial score (nSPS) is 11.7. The number of ether oxygens (including phenoxy) is 1. The van der Waals surface area contributed by atoms with Gasteiger partial charge in [0.1, 0.15) is 18.0 Å². The highest BCUT2D eigenvalue weighted by Gasteiger charge is 2.24. The Labute approximate surface area is 95.7 Å². The lowest BCUT2D eigenvalue weighted by Gasteiger charge is -2.25. The van der Waals surface area contributed by atoms with E-state index in [4.69, 9.17) is 10.00 Å². The molecular formula is C9H16N2O4S. The fourth-order valence-electron chi connectivity index (χ4n) is 0.858. The van der Waals surface area contributed by atoms with E-state index in [1.807, 2.05) is 0 Å². The summed E-state index contributed by atoms with van der Waals surface area (Å²) in [6.07, 6.45) is 0.182. The summed E-state index contributed by atoms with van der Waals surface area (Å²) in [6.45, 7) is 4.67. The van der Waals surface area contributed by atoms with Crippen molar-refractivity contribution in [2.24, 2.45) is 0 Å². The molecule has 0 fully saturated rings. The third kappa shape index (κ3) is 7.06. The third-order valence-electron chi connectivity index (χ3n) is 1.30. The molecule has 7 heteroatoms. The van der Waals surface area contributed by atoms with Crippen LogP contribution in [0.1, 0.15) is 20.8 Å². The van der Waals surface area contributed by atoms with Crippen LogP contribution in [0.2, 0.25) is 0 Å². The van der Waals surface area contributed by atoms with E-state index in [1.165, 1.54) is 0 Å². The molecule has 0 unspecified atom stereocenters. The molecule has 0 heterocycles. The van der Waals surface area contributed by atoms with Gasteiger partial charge in [0.05, 0.1) is 6.07 Å². The number of amides is 1. The van der Waals surface area contributed by atoms with Gasteiger partial charge in [-0.1, -0.05) is 0 Å². The van der Waals surface area contributed by atoms with Gasteiger partial charge in [0, 0.05) is 6.26 Å². The van der Waals surface area contributed by atoms with Gasteiger partial charge in [-0.25, -0.2) is 13.2 Å². The molecule has 0 saturated heterocycles. The van der Waals surface area contributed by atoms with Gasteiger partial charge < -0.3 is 4.74 Å². The molecule has 0 atom stereocenters. The Bertz CT molecular complexity index is 389. The predicted octanol–water partition coefficient (Wildman–Crippen LogP) is 0.749. The summed E-state index contributed by atoms with van der Waals surface area (Å²) in [5.41, 5.74) is -0.720. The summed E-state index contributed by atoms with van der Waals surface area (Å²) in [6, 6.07) is 1.72. The first-order valence-corrected chi connectivity index (χ1v) is 6.64. The van der Waals surface area contributed by atoms with Crippen LogP contribution in [-0.4, -0.2) is 43.7 Å². The van der Waals surface area contributed by atoms with E-state index >= 15 is 0 Å². The molecule has 0 saturated carbocycles. The standard InChI is InChI=1S/C9H16N2O4S/c1-9(2,3)15-8(12)11(6-5-10)7-16(4,13)14/h6-7H2,1-4H3. The highest BCUT2D eigenvalue weighted by atomic mass is 32.2. The maximum Gasteiger partial charge on any atom is 0.412 e. The van der Waals surface area contributed by atoms with Gasteiger partial charge >= 0.3 is 6.09 Å². The summed E-state index contributed by atoms with van der Waals surface area (Å²) >= 11 is 0. The SMILES string of the molecule is CC(C)(C)OC(=O)N(CC#N)CS(C)(=O)=O. The summed E-state index contributed by atoms with van der Waals surface area (Å²) in [7, 11) is -3.37. The van der Waals surface area contributed by atoms with Gasteiger partial charge in [0.15, 0.2) is 9.84 Å². The zero-order valence-corrected chi connectivity index (χ0v) is 10.7. The summed E-state index contributed by atoms with van der Waals surface area (Å²) in [5.74, 6) is -0.518. The second-order valence-corrected chi connectivity index (χ2v) is 6.50. The van der Waals surface area contributed by atoms with Crippen LogP contribution < -0.4 is 0 Å². The van der Waals surface area contributed by atoms with Crippen molar-refractivity contribution in [1.29, 1.82) is 5.26 Å². The summed E-state index contributed by atoms with van der Waals surface area (Å²) in [4.78, 5) is 12.4. The molecule has 0 aliphatic heterocycles. The van der Waals surface area contributed by atoms with E-state index in [1.54, 1.807) is 26.8 Å². The van der Waals surface area contributed by atoms with Gasteiger partial charge in [-0.3, -0.25) is 4.90 Å². The van der Waals surface area contributed by atoms with Gasteiger partial charge in [-0.15, -0.1) is 0 Å². The van der Waals surface area contributed by atoms with Crippen LogP contribution in [0, 0.1) is 11.3 Å². The van der Waals surface area contributed by atoms with Crippen LogP contribution in [0.4, 0.5) is 4.79 Å². The van der Waals surface area contributed by atoms with Crippen LogP contribution in [0.5, 0.6) is 0 Å². The van der Waals surface area contributed by atoms with E-state index < -0.39 is 27.4 Å². The van der Waals surface area contributed by atoms with Crippen molar-refractivity contribution in [2.45, 2.75) is 26.4 Å². The predicted molar refractivity (Wildman–Crippen MR) is 58.3 cm³/mol. The molecular weight excluding hydrogens is 232 g/mol. The van der Waals surface area contributed by atoms with Crippen LogP contribution >= 0.6 is 0 Å².